The molecule has 0 aliphatic heterocycles. The zero-order valence-electron chi connectivity index (χ0n) is 38.7. The highest BCUT2D eigenvalue weighted by Crippen LogP contribution is 2.50. The van der Waals surface area contributed by atoms with Gasteiger partial charge < -0.3 is 4.57 Å². The normalized spacial score (nSPS) is 14.3. The number of aromatic nitrogens is 5. The summed E-state index contributed by atoms with van der Waals surface area (Å²) in [6.07, 6.45) is 2.30. The lowest BCUT2D eigenvalue weighted by atomic mass is 9.63. The van der Waals surface area contributed by atoms with E-state index in [0.717, 1.165) is 51.8 Å². The monoisotopic (exact) mass is 875 g/mol. The van der Waals surface area contributed by atoms with Gasteiger partial charge in [0.25, 0.3) is 0 Å². The molecular weight excluding hydrogens is 827 g/mol. The third kappa shape index (κ3) is 6.33. The van der Waals surface area contributed by atoms with Crippen LogP contribution in [0.4, 0.5) is 0 Å². The smallest absolute Gasteiger partial charge is 0.238 e. The van der Waals surface area contributed by atoms with Crippen molar-refractivity contribution < 1.29 is 0 Å². The molecule has 3 aromatic heterocycles. The Morgan fingerprint density at radius 1 is 0.353 bits per heavy atom. The summed E-state index contributed by atoms with van der Waals surface area (Å²) < 4.78 is 4.78. The van der Waals surface area contributed by atoms with E-state index in [1.54, 1.807) is 0 Å². The summed E-state index contributed by atoms with van der Waals surface area (Å²) in [6.45, 7) is 9.70. The minimum absolute atomic E-state index is 0.0360. The standard InChI is InChI=1S/C63H49N5/c1-62(2)35-36-63(3,4)51-39-55-49(38-50(51)62)57-52(67(55)47-24-12-7-13-25-47)33-34-54-58(57)56-48-26-15-14-19-42(48)31-32-53(56)68(54)61-65-59(43-20-10-6-11-21-43)64-60(66-61)44-29-27-41(28-30-44)46-23-16-22-45(37-46)40-17-8-5-9-18-40/h5-34,37-39H,35-36H2,1-4H3. The lowest BCUT2D eigenvalue weighted by Crippen LogP contribution is -2.33. The molecule has 5 heteroatoms. The van der Waals surface area contributed by atoms with Gasteiger partial charge in [0.1, 0.15) is 0 Å². The predicted molar refractivity (Wildman–Crippen MR) is 283 cm³/mol. The topological polar surface area (TPSA) is 48.5 Å². The van der Waals surface area contributed by atoms with Gasteiger partial charge in [0, 0.05) is 38.4 Å². The molecule has 0 unspecified atom stereocenters. The summed E-state index contributed by atoms with van der Waals surface area (Å²) in [5, 5.41) is 7.30. The van der Waals surface area contributed by atoms with Crippen molar-refractivity contribution in [2.75, 3.05) is 0 Å². The van der Waals surface area contributed by atoms with E-state index in [1.165, 1.54) is 65.6 Å². The maximum absolute atomic E-state index is 5.43. The Hall–Kier alpha value is -8.15. The van der Waals surface area contributed by atoms with E-state index in [-0.39, 0.29) is 10.8 Å². The second kappa shape index (κ2) is 15.2. The highest BCUT2D eigenvalue weighted by atomic mass is 15.2. The van der Waals surface area contributed by atoms with Gasteiger partial charge in [-0.2, -0.15) is 9.97 Å². The fourth-order valence-corrected chi connectivity index (χ4v) is 11.1. The summed E-state index contributed by atoms with van der Waals surface area (Å²) in [5.41, 5.74) is 15.2. The minimum Gasteiger partial charge on any atom is -0.309 e. The fourth-order valence-electron chi connectivity index (χ4n) is 11.1. The van der Waals surface area contributed by atoms with Crippen LogP contribution in [0.2, 0.25) is 0 Å². The average molecular weight is 876 g/mol. The van der Waals surface area contributed by atoms with E-state index in [1.807, 2.05) is 18.2 Å². The second-order valence-electron chi connectivity index (χ2n) is 19.9. The molecule has 0 bridgehead atoms. The molecule has 0 N–H and O–H groups in total. The molecule has 0 spiro atoms. The molecule has 0 saturated carbocycles. The second-order valence-corrected chi connectivity index (χ2v) is 19.9. The number of para-hydroxylation sites is 1. The minimum atomic E-state index is 0.0360. The Labute approximate surface area is 396 Å². The van der Waals surface area contributed by atoms with Crippen LogP contribution in [0.5, 0.6) is 0 Å². The van der Waals surface area contributed by atoms with Crippen LogP contribution in [0.1, 0.15) is 51.7 Å². The van der Waals surface area contributed by atoms with Crippen molar-refractivity contribution >= 4 is 54.4 Å². The number of hydrogen-bond donors (Lipinski definition) is 0. The van der Waals surface area contributed by atoms with Gasteiger partial charge in [-0.3, -0.25) is 4.57 Å². The van der Waals surface area contributed by atoms with E-state index >= 15 is 0 Å². The third-order valence-corrected chi connectivity index (χ3v) is 14.8. The van der Waals surface area contributed by atoms with Gasteiger partial charge in [0.2, 0.25) is 5.95 Å². The lowest BCUT2D eigenvalue weighted by Gasteiger charge is -2.42. The van der Waals surface area contributed by atoms with Crippen LogP contribution >= 0.6 is 0 Å². The summed E-state index contributed by atoms with van der Waals surface area (Å²) >= 11 is 0. The van der Waals surface area contributed by atoms with Crippen molar-refractivity contribution in [2.24, 2.45) is 0 Å². The van der Waals surface area contributed by atoms with Gasteiger partial charge in [0.05, 0.1) is 22.1 Å². The number of rotatable bonds is 6. The van der Waals surface area contributed by atoms with Gasteiger partial charge in [-0.25, -0.2) is 4.98 Å². The quantitative estimate of drug-likeness (QED) is 0.167. The summed E-state index contributed by atoms with van der Waals surface area (Å²) in [7, 11) is 0. The van der Waals surface area contributed by atoms with Crippen LogP contribution in [0.3, 0.4) is 0 Å². The zero-order valence-corrected chi connectivity index (χ0v) is 38.7. The molecule has 3 heterocycles. The molecule has 0 radical (unpaired) electrons. The summed E-state index contributed by atoms with van der Waals surface area (Å²) in [6, 6.07) is 72.1. The number of fused-ring (bicyclic) bond motifs is 10. The number of benzene rings is 9. The van der Waals surface area contributed by atoms with Crippen molar-refractivity contribution in [1.29, 1.82) is 0 Å². The van der Waals surface area contributed by atoms with E-state index in [9.17, 15) is 0 Å². The van der Waals surface area contributed by atoms with Crippen LogP contribution < -0.4 is 0 Å². The number of hydrogen-bond acceptors (Lipinski definition) is 3. The fraction of sp³-hybridized carbons (Fsp3) is 0.127. The molecule has 326 valence electrons. The molecule has 13 rings (SSSR count). The Morgan fingerprint density at radius 2 is 0.838 bits per heavy atom. The molecular formula is C63H49N5. The molecule has 0 saturated heterocycles. The SMILES string of the molecule is CC1(C)CCC(C)(C)c2cc3c(cc21)c1c2c4c5ccccc5ccc4n(-c4nc(-c5ccccc5)nc(-c5ccc(-c6cccc(-c7ccccc7)c6)cc5)n4)c2ccc1n3-c1ccccc1. The van der Waals surface area contributed by atoms with Gasteiger partial charge in [0.15, 0.2) is 11.6 Å². The van der Waals surface area contributed by atoms with Crippen LogP contribution in [0, 0.1) is 0 Å². The van der Waals surface area contributed by atoms with Crippen molar-refractivity contribution in [3.8, 4) is 56.7 Å². The molecule has 12 aromatic rings. The van der Waals surface area contributed by atoms with E-state index in [0.29, 0.717) is 17.6 Å². The predicted octanol–water partition coefficient (Wildman–Crippen LogP) is 16.2. The maximum atomic E-state index is 5.43. The van der Waals surface area contributed by atoms with Gasteiger partial charge >= 0.3 is 0 Å². The van der Waals surface area contributed by atoms with Crippen LogP contribution in [0.15, 0.2) is 200 Å². The van der Waals surface area contributed by atoms with Crippen LogP contribution in [-0.2, 0) is 10.8 Å². The van der Waals surface area contributed by atoms with Crippen molar-refractivity contribution in [3.05, 3.63) is 211 Å². The maximum Gasteiger partial charge on any atom is 0.238 e. The van der Waals surface area contributed by atoms with E-state index in [2.05, 4.69) is 219 Å². The van der Waals surface area contributed by atoms with Crippen molar-refractivity contribution in [2.45, 2.75) is 51.4 Å². The average Bonchev–Trinajstić information content (AvgIpc) is 3.91. The first-order valence-electron chi connectivity index (χ1n) is 23.8. The molecule has 0 atom stereocenters. The molecule has 9 aromatic carbocycles. The number of nitrogens with zero attached hydrogens (tertiary/aromatic N) is 5. The molecule has 1 aliphatic carbocycles. The first-order chi connectivity index (χ1) is 33.2. The zero-order chi connectivity index (χ0) is 45.7. The van der Waals surface area contributed by atoms with Crippen molar-refractivity contribution in [1.82, 2.24) is 24.1 Å². The van der Waals surface area contributed by atoms with Crippen LogP contribution in [0.25, 0.3) is 111 Å². The molecule has 5 nitrogen and oxygen atoms in total. The highest BCUT2D eigenvalue weighted by molar-refractivity contribution is 6.33. The first-order valence-corrected chi connectivity index (χ1v) is 23.8. The molecule has 0 amide bonds. The Balaban J connectivity index is 1.09. The highest BCUT2D eigenvalue weighted by Gasteiger charge is 2.38. The summed E-state index contributed by atoms with van der Waals surface area (Å²) in [4.78, 5) is 16.0. The molecule has 68 heavy (non-hydrogen) atoms. The van der Waals surface area contributed by atoms with Crippen molar-refractivity contribution in [3.63, 3.8) is 0 Å². The molecule has 0 fully saturated rings. The Bertz CT molecular complexity index is 3940. The summed E-state index contributed by atoms with van der Waals surface area (Å²) in [5.74, 6) is 1.82. The van der Waals surface area contributed by atoms with E-state index in [4.69, 9.17) is 15.0 Å². The Morgan fingerprint density at radius 3 is 1.51 bits per heavy atom. The van der Waals surface area contributed by atoms with Crippen LogP contribution in [-0.4, -0.2) is 24.1 Å². The lowest BCUT2D eigenvalue weighted by molar-refractivity contribution is 0.332. The van der Waals surface area contributed by atoms with Gasteiger partial charge in [-0.15, -0.1) is 0 Å². The largest absolute Gasteiger partial charge is 0.309 e. The third-order valence-electron chi connectivity index (χ3n) is 14.8. The van der Waals surface area contributed by atoms with E-state index < -0.39 is 0 Å². The first kappa shape index (κ1) is 40.2. The van der Waals surface area contributed by atoms with Gasteiger partial charge in [-0.1, -0.05) is 179 Å². The molecule has 1 aliphatic rings. The van der Waals surface area contributed by atoms with Gasteiger partial charge in [-0.05, 0) is 116 Å². The Kier molecular flexibility index (Phi) is 8.97.